The number of hydrogen-bond donors (Lipinski definition) is 3. The van der Waals surface area contributed by atoms with Gasteiger partial charge in [0.1, 0.15) is 11.1 Å². The van der Waals surface area contributed by atoms with Crippen molar-refractivity contribution in [1.29, 1.82) is 0 Å². The van der Waals surface area contributed by atoms with Crippen LogP contribution in [0.5, 0.6) is 28.7 Å². The maximum atomic E-state index is 10.4. The van der Waals surface area contributed by atoms with Crippen LogP contribution in [0.2, 0.25) is 0 Å². The molecule has 3 N–H and O–H groups in total. The molecule has 0 saturated carbocycles. The van der Waals surface area contributed by atoms with Crippen LogP contribution in [0.15, 0.2) is 42.7 Å². The Morgan fingerprint density at radius 2 is 1.58 bits per heavy atom. The van der Waals surface area contributed by atoms with Gasteiger partial charge >= 0.3 is 0 Å². The van der Waals surface area contributed by atoms with Gasteiger partial charge in [-0.05, 0) is 17.5 Å². The van der Waals surface area contributed by atoms with Gasteiger partial charge in [0.05, 0.1) is 19.6 Å². The summed E-state index contributed by atoms with van der Waals surface area (Å²) < 4.78 is 12.2. The minimum atomic E-state index is -0.255. The van der Waals surface area contributed by atoms with Gasteiger partial charge in [-0.2, -0.15) is 4.40 Å². The Labute approximate surface area is 159 Å². The van der Waals surface area contributed by atoms with Gasteiger partial charge in [0, 0.05) is 23.6 Å². The van der Waals surface area contributed by atoms with Gasteiger partial charge < -0.3 is 41.8 Å². The molecule has 0 fully saturated rings. The fourth-order valence-electron chi connectivity index (χ4n) is 3.18. The van der Waals surface area contributed by atoms with E-state index in [0.29, 0.717) is 33.2 Å². The summed E-state index contributed by atoms with van der Waals surface area (Å²) in [7, 11) is 3.00. The lowest BCUT2D eigenvalue weighted by molar-refractivity contribution is -0.509. The molecule has 134 valence electrons. The van der Waals surface area contributed by atoms with Crippen molar-refractivity contribution in [3.8, 4) is 28.7 Å². The number of fused-ring (bicyclic) bond motifs is 4. The molecule has 0 radical (unpaired) electrons. The highest BCUT2D eigenvalue weighted by atomic mass is 79.9. The number of hydrogen-bond acceptors (Lipinski definition) is 5. The van der Waals surface area contributed by atoms with E-state index in [-0.39, 0.29) is 34.2 Å². The number of nitrogens with zero attached hydrogens (tertiary/aromatic N) is 1. The van der Waals surface area contributed by atoms with Gasteiger partial charge in [0.25, 0.3) is 0 Å². The van der Waals surface area contributed by atoms with E-state index in [9.17, 15) is 15.3 Å². The number of methoxy groups -OCH3 is 2. The summed E-state index contributed by atoms with van der Waals surface area (Å²) in [6, 6.07) is 8.49. The number of phenols is 3. The predicted octanol–water partition coefficient (Wildman–Crippen LogP) is -0.130. The Morgan fingerprint density at radius 3 is 2.27 bits per heavy atom. The number of benzene rings is 2. The fourth-order valence-corrected chi connectivity index (χ4v) is 3.18. The van der Waals surface area contributed by atoms with Crippen molar-refractivity contribution in [3.05, 3.63) is 42.7 Å². The van der Waals surface area contributed by atoms with Crippen molar-refractivity contribution in [2.24, 2.45) is 0 Å². The summed E-state index contributed by atoms with van der Waals surface area (Å²) in [6.45, 7) is 0. The monoisotopic (exact) mass is 417 g/mol. The van der Waals surface area contributed by atoms with Gasteiger partial charge in [0.15, 0.2) is 35.4 Å². The molecule has 2 aromatic heterocycles. The number of pyridine rings is 2. The molecule has 2 aromatic carbocycles. The Hall–Kier alpha value is -2.93. The van der Waals surface area contributed by atoms with Crippen LogP contribution in [0.25, 0.3) is 27.1 Å². The zero-order chi connectivity index (χ0) is 17.7. The number of phenolic OH excluding ortho intramolecular Hbond substituents is 3. The SMILES string of the molecule is COc1ccc2cc3c4c(O)c(O)cc(OC)c4cc[n+]3cc2c1O.[Br-]. The van der Waals surface area contributed by atoms with Gasteiger partial charge in [-0.15, -0.1) is 0 Å². The Morgan fingerprint density at radius 1 is 0.846 bits per heavy atom. The smallest absolute Gasteiger partial charge is 0.223 e. The molecule has 4 rings (SSSR count). The third-order valence-electron chi connectivity index (χ3n) is 4.43. The molecular formula is C19H16BrNO5. The number of ether oxygens (including phenoxy) is 2. The number of halogens is 1. The molecule has 0 amide bonds. The van der Waals surface area contributed by atoms with Gasteiger partial charge in [0.2, 0.25) is 5.52 Å². The van der Waals surface area contributed by atoms with Crippen LogP contribution in [0.3, 0.4) is 0 Å². The molecule has 2 heterocycles. The van der Waals surface area contributed by atoms with E-state index in [1.165, 1.54) is 20.3 Å². The molecule has 0 aliphatic carbocycles. The standard InChI is InChI=1S/C19H15NO5.BrH/c1-24-15-4-3-10-7-13-17-11(16(25-2)8-14(21)19(17)23)5-6-20(13)9-12(10)18(15)22;/h3-9H,1-2H3,(H2,21,22,23);1H. The fraction of sp³-hybridized carbons (Fsp3) is 0.105. The van der Waals surface area contributed by atoms with Crippen molar-refractivity contribution < 1.29 is 46.2 Å². The summed E-state index contributed by atoms with van der Waals surface area (Å²) in [4.78, 5) is 0. The third kappa shape index (κ3) is 2.43. The third-order valence-corrected chi connectivity index (χ3v) is 4.43. The van der Waals surface area contributed by atoms with Gasteiger partial charge in [-0.25, -0.2) is 0 Å². The quantitative estimate of drug-likeness (QED) is 0.183. The van der Waals surface area contributed by atoms with E-state index in [2.05, 4.69) is 0 Å². The highest BCUT2D eigenvalue weighted by Gasteiger charge is 2.20. The van der Waals surface area contributed by atoms with Crippen molar-refractivity contribution in [2.75, 3.05) is 14.2 Å². The first kappa shape index (κ1) is 17.9. The van der Waals surface area contributed by atoms with Crippen LogP contribution >= 0.6 is 0 Å². The summed E-state index contributed by atoms with van der Waals surface area (Å²) in [5, 5.41) is 33.3. The molecule has 0 aliphatic rings. The number of rotatable bonds is 2. The molecular weight excluding hydrogens is 402 g/mol. The molecule has 7 heteroatoms. The first-order valence-electron chi connectivity index (χ1n) is 7.61. The average molecular weight is 418 g/mol. The Balaban J connectivity index is 0.00000196. The second-order valence-electron chi connectivity index (χ2n) is 5.74. The van der Waals surface area contributed by atoms with E-state index >= 15 is 0 Å². The molecule has 6 nitrogen and oxygen atoms in total. The van der Waals surface area contributed by atoms with E-state index in [0.717, 1.165) is 5.39 Å². The maximum absolute atomic E-state index is 10.4. The van der Waals surface area contributed by atoms with Crippen LogP contribution < -0.4 is 30.9 Å². The summed E-state index contributed by atoms with van der Waals surface area (Å²) >= 11 is 0. The second-order valence-corrected chi connectivity index (χ2v) is 5.74. The lowest BCUT2D eigenvalue weighted by Crippen LogP contribution is -3.00. The molecule has 0 spiro atoms. The predicted molar refractivity (Wildman–Crippen MR) is 92.7 cm³/mol. The van der Waals surface area contributed by atoms with Gasteiger partial charge in [-0.3, -0.25) is 0 Å². The van der Waals surface area contributed by atoms with Crippen LogP contribution in [0.4, 0.5) is 0 Å². The average Bonchev–Trinajstić information content (AvgIpc) is 2.63. The molecule has 0 atom stereocenters. The Kier molecular flexibility index (Phi) is 4.41. The minimum Gasteiger partial charge on any atom is -1.00 e. The zero-order valence-electron chi connectivity index (χ0n) is 14.0. The molecule has 4 aromatic rings. The number of aromatic hydroxyl groups is 3. The van der Waals surface area contributed by atoms with E-state index in [4.69, 9.17) is 9.47 Å². The molecule has 0 bridgehead atoms. The first-order chi connectivity index (χ1) is 12.0. The topological polar surface area (TPSA) is 83.2 Å². The molecule has 26 heavy (non-hydrogen) atoms. The first-order valence-corrected chi connectivity index (χ1v) is 7.61. The molecule has 0 unspecified atom stereocenters. The van der Waals surface area contributed by atoms with E-state index in [1.54, 1.807) is 28.9 Å². The van der Waals surface area contributed by atoms with Crippen molar-refractivity contribution in [2.45, 2.75) is 0 Å². The van der Waals surface area contributed by atoms with Crippen molar-refractivity contribution in [1.82, 2.24) is 0 Å². The zero-order valence-corrected chi connectivity index (χ0v) is 15.6. The van der Waals surface area contributed by atoms with E-state index in [1.807, 2.05) is 12.1 Å². The minimum absolute atomic E-state index is 0. The van der Waals surface area contributed by atoms with E-state index < -0.39 is 0 Å². The lowest BCUT2D eigenvalue weighted by atomic mass is 10.0. The largest absolute Gasteiger partial charge is 1.00 e. The summed E-state index contributed by atoms with van der Waals surface area (Å²) in [6.07, 6.45) is 3.55. The van der Waals surface area contributed by atoms with Crippen LogP contribution in [-0.2, 0) is 0 Å². The van der Waals surface area contributed by atoms with Crippen LogP contribution in [-0.4, -0.2) is 29.5 Å². The summed E-state index contributed by atoms with van der Waals surface area (Å²) in [5.41, 5.74) is 0.668. The highest BCUT2D eigenvalue weighted by Crippen LogP contribution is 2.42. The molecule has 0 aliphatic heterocycles. The normalized spacial score (nSPS) is 10.8. The summed E-state index contributed by atoms with van der Waals surface area (Å²) in [5.74, 6) is 0.425. The maximum Gasteiger partial charge on any atom is 0.223 e. The van der Waals surface area contributed by atoms with Crippen LogP contribution in [0, 0.1) is 0 Å². The van der Waals surface area contributed by atoms with Gasteiger partial charge in [-0.1, -0.05) is 0 Å². The van der Waals surface area contributed by atoms with Crippen molar-refractivity contribution in [3.63, 3.8) is 0 Å². The lowest BCUT2D eigenvalue weighted by Gasteiger charge is -2.10. The highest BCUT2D eigenvalue weighted by molar-refractivity contribution is 6.05. The number of aromatic nitrogens is 1. The van der Waals surface area contributed by atoms with Crippen LogP contribution in [0.1, 0.15) is 0 Å². The Bertz CT molecular complexity index is 1160. The molecule has 0 saturated heterocycles. The van der Waals surface area contributed by atoms with Crippen molar-refractivity contribution >= 4 is 27.1 Å². The second kappa shape index (κ2) is 6.42.